The maximum atomic E-state index is 9.41. The summed E-state index contributed by atoms with van der Waals surface area (Å²) in [5.41, 5.74) is 10.9. The maximum absolute atomic E-state index is 9.41. The summed E-state index contributed by atoms with van der Waals surface area (Å²) in [6.07, 6.45) is 9.33. The largest absolute Gasteiger partial charge is 0.508 e. The molecule has 3 heteroatoms. The van der Waals surface area contributed by atoms with Crippen molar-refractivity contribution in [2.45, 2.75) is 279 Å². The van der Waals surface area contributed by atoms with Gasteiger partial charge in [0.25, 0.3) is 0 Å². The van der Waals surface area contributed by atoms with Gasteiger partial charge in [0, 0.05) is 0 Å². The van der Waals surface area contributed by atoms with Gasteiger partial charge in [0.05, 0.1) is 0 Å². The van der Waals surface area contributed by atoms with E-state index in [1.165, 1.54) is 136 Å². The fourth-order valence-corrected chi connectivity index (χ4v) is 13.2. The van der Waals surface area contributed by atoms with Gasteiger partial charge in [-0.15, -0.1) is 0 Å². The molecule has 0 saturated heterocycles. The van der Waals surface area contributed by atoms with Gasteiger partial charge >= 0.3 is 0 Å². The lowest BCUT2D eigenvalue weighted by Crippen LogP contribution is -1.95. The Labute approximate surface area is 713 Å². The Morgan fingerprint density at radius 1 is 0.188 bits per heavy atom. The molecular formula is C114H154O3. The monoisotopic (exact) mass is 1570 g/mol. The number of phenolic OH excluding ortho intramolecular Hbond substituents is 3. The lowest BCUT2D eigenvalue weighted by Gasteiger charge is -2.16. The normalized spacial score (nSPS) is 12.1. The van der Waals surface area contributed by atoms with Crippen molar-refractivity contribution in [2.24, 2.45) is 0 Å². The van der Waals surface area contributed by atoms with Gasteiger partial charge in [-0.2, -0.15) is 0 Å². The minimum absolute atomic E-state index is 0.344. The van der Waals surface area contributed by atoms with E-state index in [9.17, 15) is 5.11 Å². The third-order valence-electron chi connectivity index (χ3n) is 21.9. The molecule has 628 valence electrons. The van der Waals surface area contributed by atoms with Gasteiger partial charge < -0.3 is 15.3 Å². The zero-order valence-corrected chi connectivity index (χ0v) is 77.4. The predicted molar refractivity (Wildman–Crippen MR) is 528 cm³/mol. The number of benzene rings is 14. The standard InChI is InChI=1S/2C18H18.2C14H16.3C10H14O.C10H14.5C2H6/c1-3-13(2)18-16-10-6-4-8-14(16)12-15-9-5-7-11-17(15)18;1-3-13(2)14-8-9-17-11-15-6-4-5-7-16(15)12-18(17)10-14;1-3-11(2)13-10-6-8-12-7-4-5-9-14(12)13;1-3-11(2)13-9-8-12-6-4-5-7-14(12)10-13;1-3-8(2)9-4-6-10(11)7-5-9;1-3-8(2)9-5-4-6-10(11)7-9;1-3-8(2)9-6-4-5-7-10(9)11;1-3-9(2)10-7-5-4-6-8-10;5*1-2/h2*4-13H,3H2,1-2H3;2*4-11H,3H2,1-2H3;3*4-8,11H,3H2,1-2H3;4-9H,3H2,1-2H3;5*1-2H3. The number of aromatic hydroxyl groups is 3. The summed E-state index contributed by atoms with van der Waals surface area (Å²) >= 11 is 0. The Balaban J connectivity index is 0.000000450. The molecule has 8 unspecified atom stereocenters. The molecule has 117 heavy (non-hydrogen) atoms. The van der Waals surface area contributed by atoms with Crippen molar-refractivity contribution >= 4 is 64.6 Å². The molecule has 0 aromatic heterocycles. The molecule has 0 aliphatic carbocycles. The molecule has 0 aliphatic heterocycles. The summed E-state index contributed by atoms with van der Waals surface area (Å²) in [5.74, 6) is 5.99. The van der Waals surface area contributed by atoms with Crippen LogP contribution in [0, 0.1) is 0 Å². The second-order valence-electron chi connectivity index (χ2n) is 29.3. The fraction of sp³-hybridized carbons (Fsp3) is 0.368. The number of fused-ring (bicyclic) bond motifs is 6. The summed E-state index contributed by atoms with van der Waals surface area (Å²) in [7, 11) is 0. The van der Waals surface area contributed by atoms with Crippen LogP contribution in [-0.2, 0) is 0 Å². The van der Waals surface area contributed by atoms with Gasteiger partial charge in [0.2, 0.25) is 0 Å². The van der Waals surface area contributed by atoms with Gasteiger partial charge in [-0.05, 0) is 256 Å². The predicted octanol–water partition coefficient (Wildman–Crippen LogP) is 36.8. The first-order valence-corrected chi connectivity index (χ1v) is 45.0. The van der Waals surface area contributed by atoms with Gasteiger partial charge in [0.1, 0.15) is 17.2 Å². The maximum Gasteiger partial charge on any atom is 0.119 e. The van der Waals surface area contributed by atoms with E-state index in [-0.39, 0.29) is 0 Å². The molecule has 0 amide bonds. The van der Waals surface area contributed by atoms with Crippen molar-refractivity contribution in [2.75, 3.05) is 0 Å². The van der Waals surface area contributed by atoms with E-state index in [1.807, 2.05) is 118 Å². The highest BCUT2D eigenvalue weighted by atomic mass is 16.3. The molecule has 0 aliphatic rings. The molecule has 3 nitrogen and oxygen atoms in total. The molecule has 0 saturated carbocycles. The van der Waals surface area contributed by atoms with Gasteiger partial charge in [0.15, 0.2) is 0 Å². The molecule has 0 bridgehead atoms. The summed E-state index contributed by atoms with van der Waals surface area (Å²) in [6, 6.07) is 103. The Hall–Kier alpha value is -9.96. The SMILES string of the molecule is CC.CC.CC.CC.CC.CCC(C)c1c2ccccc2cc2ccccc12.CCC(C)c1ccc(O)cc1.CCC(C)c1ccc2cc3ccccc3cc2c1.CCC(C)c1ccc2ccccc2c1.CCC(C)c1cccc(O)c1.CCC(C)c1cccc2ccccc12.CCC(C)c1ccccc1.CCC(C)c1ccccc1O. The van der Waals surface area contributed by atoms with Crippen molar-refractivity contribution in [1.29, 1.82) is 0 Å². The van der Waals surface area contributed by atoms with Crippen LogP contribution in [0.2, 0.25) is 0 Å². The topological polar surface area (TPSA) is 60.7 Å². The highest BCUT2D eigenvalue weighted by molar-refractivity contribution is 6.03. The van der Waals surface area contributed by atoms with Crippen LogP contribution >= 0.6 is 0 Å². The van der Waals surface area contributed by atoms with Crippen molar-refractivity contribution in [1.82, 2.24) is 0 Å². The smallest absolute Gasteiger partial charge is 0.119 e. The summed E-state index contributed by atoms with van der Waals surface area (Å²) in [5, 5.41) is 43.9. The van der Waals surface area contributed by atoms with Crippen LogP contribution < -0.4 is 0 Å². The Bertz CT molecular complexity index is 4830. The van der Waals surface area contributed by atoms with Crippen LogP contribution in [0.5, 0.6) is 17.2 Å². The fourth-order valence-electron chi connectivity index (χ4n) is 13.2. The van der Waals surface area contributed by atoms with Crippen LogP contribution in [-0.4, -0.2) is 15.3 Å². The van der Waals surface area contributed by atoms with Gasteiger partial charge in [-0.3, -0.25) is 0 Å². The van der Waals surface area contributed by atoms with Crippen LogP contribution in [0.4, 0.5) is 0 Å². The van der Waals surface area contributed by atoms with Crippen LogP contribution in [0.3, 0.4) is 0 Å². The van der Waals surface area contributed by atoms with Gasteiger partial charge in [-0.1, -0.05) is 429 Å². The van der Waals surface area contributed by atoms with E-state index in [0.717, 1.165) is 24.8 Å². The molecule has 14 aromatic carbocycles. The average molecular weight is 1570 g/mol. The molecule has 0 spiro atoms. The first kappa shape index (κ1) is 103. The van der Waals surface area contributed by atoms with Crippen LogP contribution in [0.1, 0.15) is 323 Å². The second kappa shape index (κ2) is 59.7. The van der Waals surface area contributed by atoms with Crippen molar-refractivity contribution < 1.29 is 15.3 Å². The number of hydrogen-bond donors (Lipinski definition) is 3. The third-order valence-corrected chi connectivity index (χ3v) is 21.9. The highest BCUT2D eigenvalue weighted by Gasteiger charge is 2.14. The molecule has 8 atom stereocenters. The van der Waals surface area contributed by atoms with E-state index in [1.54, 1.807) is 24.3 Å². The molecule has 0 radical (unpaired) electrons. The molecule has 14 aromatic rings. The lowest BCUT2D eigenvalue weighted by molar-refractivity contribution is 0.462. The van der Waals surface area contributed by atoms with E-state index < -0.39 is 0 Å². The van der Waals surface area contributed by atoms with Crippen molar-refractivity contribution in [3.63, 3.8) is 0 Å². The average Bonchev–Trinajstić information content (AvgIpc) is 0.773. The zero-order valence-electron chi connectivity index (χ0n) is 77.4. The number of phenols is 3. The molecule has 0 fully saturated rings. The van der Waals surface area contributed by atoms with Gasteiger partial charge in [-0.25, -0.2) is 0 Å². The van der Waals surface area contributed by atoms with E-state index >= 15 is 0 Å². The molecule has 3 N–H and O–H groups in total. The lowest BCUT2D eigenvalue weighted by atomic mass is 9.88. The van der Waals surface area contributed by atoms with E-state index in [0.29, 0.717) is 64.6 Å². The second-order valence-corrected chi connectivity index (χ2v) is 29.3. The Morgan fingerprint density at radius 3 is 0.940 bits per heavy atom. The number of rotatable bonds is 16. The minimum atomic E-state index is 0.344. The van der Waals surface area contributed by atoms with Crippen molar-refractivity contribution in [3.8, 4) is 17.2 Å². The Morgan fingerprint density at radius 2 is 0.479 bits per heavy atom. The van der Waals surface area contributed by atoms with Crippen LogP contribution in [0.15, 0.2) is 297 Å². The van der Waals surface area contributed by atoms with Crippen molar-refractivity contribution in [3.05, 3.63) is 342 Å². The molecule has 0 heterocycles. The molecule has 14 rings (SSSR count). The Kier molecular flexibility index (Phi) is 52.6. The highest BCUT2D eigenvalue weighted by Crippen LogP contribution is 2.36. The first-order chi connectivity index (χ1) is 56.8. The van der Waals surface area contributed by atoms with Crippen LogP contribution in [0.25, 0.3) is 64.6 Å². The summed E-state index contributed by atoms with van der Waals surface area (Å²) in [4.78, 5) is 0. The van der Waals surface area contributed by atoms with E-state index in [4.69, 9.17) is 10.2 Å². The first-order valence-electron chi connectivity index (χ1n) is 45.0. The zero-order chi connectivity index (χ0) is 87.2. The number of hydrogen-bond acceptors (Lipinski definition) is 3. The quantitative estimate of drug-likeness (QED) is 0.0845. The molecular weight excluding hydrogens is 1420 g/mol. The third kappa shape index (κ3) is 33.9. The summed E-state index contributed by atoms with van der Waals surface area (Å²) < 4.78 is 0. The van der Waals surface area contributed by atoms with E-state index in [2.05, 4.69) is 335 Å². The number of para-hydroxylation sites is 1. The minimum Gasteiger partial charge on any atom is -0.508 e. The summed E-state index contributed by atoms with van der Waals surface area (Å²) in [6.45, 7) is 55.6.